The Balaban J connectivity index is 2.14. The van der Waals surface area contributed by atoms with E-state index < -0.39 is 32.5 Å². The zero-order chi connectivity index (χ0) is 20.5. The topological polar surface area (TPSA) is 90.0 Å². The van der Waals surface area contributed by atoms with E-state index >= 15 is 0 Å². The van der Waals surface area contributed by atoms with Gasteiger partial charge in [0.1, 0.15) is 5.82 Å². The van der Waals surface area contributed by atoms with Crippen LogP contribution in [0.1, 0.15) is 17.3 Å². The molecule has 2 aromatic rings. The summed E-state index contributed by atoms with van der Waals surface area (Å²) in [5.74, 6) is -2.19. The third-order valence-electron chi connectivity index (χ3n) is 4.05. The summed E-state index contributed by atoms with van der Waals surface area (Å²) in [7, 11) is -3.11. The summed E-state index contributed by atoms with van der Waals surface area (Å²) in [4.78, 5) is 24.4. The van der Waals surface area contributed by atoms with E-state index in [1.807, 2.05) is 0 Å². The molecule has 0 saturated heterocycles. The number of benzene rings is 2. The maximum absolute atomic E-state index is 13.8. The highest BCUT2D eigenvalue weighted by Gasteiger charge is 2.36. The molecule has 146 valence electrons. The maximum Gasteiger partial charge on any atom is 0.351 e. The van der Waals surface area contributed by atoms with Gasteiger partial charge in [-0.05, 0) is 49.4 Å². The van der Waals surface area contributed by atoms with Gasteiger partial charge in [0.25, 0.3) is 0 Å². The first-order valence-electron chi connectivity index (χ1n) is 8.20. The first-order chi connectivity index (χ1) is 13.3. The summed E-state index contributed by atoms with van der Waals surface area (Å²) in [5.41, 5.74) is 0.750. The Hall–Kier alpha value is -3.20. The highest BCUT2D eigenvalue weighted by molar-refractivity contribution is 7.96. The molecule has 0 fully saturated rings. The molecule has 28 heavy (non-hydrogen) atoms. The Bertz CT molecular complexity index is 1080. The molecule has 0 aliphatic carbocycles. The number of fused-ring (bicyclic) bond motifs is 1. The van der Waals surface area contributed by atoms with Gasteiger partial charge in [-0.15, -0.1) is 0 Å². The number of carbonyl (C=O) groups excluding carboxylic acids is 2. The van der Waals surface area contributed by atoms with Gasteiger partial charge < -0.3 is 14.4 Å². The summed E-state index contributed by atoms with van der Waals surface area (Å²) in [6.45, 7) is 1.91. The Morgan fingerprint density at radius 3 is 2.36 bits per heavy atom. The molecule has 3 rings (SSSR count). The number of rotatable bonds is 4. The minimum atomic E-state index is -4.18. The molecule has 2 aromatic carbocycles. The third kappa shape index (κ3) is 3.36. The van der Waals surface area contributed by atoms with E-state index in [1.165, 1.54) is 29.2 Å². The number of hydrogen-bond donors (Lipinski definition) is 0. The normalized spacial score (nSPS) is 14.7. The Kier molecular flexibility index (Phi) is 5.19. The molecule has 7 nitrogen and oxygen atoms in total. The summed E-state index contributed by atoms with van der Waals surface area (Å²) in [5, 5.41) is 0. The largest absolute Gasteiger partial charge is 0.465 e. The number of methoxy groups -OCH3 is 1. The van der Waals surface area contributed by atoms with E-state index in [9.17, 15) is 22.4 Å². The van der Waals surface area contributed by atoms with Crippen molar-refractivity contribution >= 4 is 33.2 Å². The maximum atomic E-state index is 13.8. The van der Waals surface area contributed by atoms with E-state index in [2.05, 4.69) is 4.74 Å². The fourth-order valence-electron chi connectivity index (χ4n) is 2.73. The average Bonchev–Trinajstić information content (AvgIpc) is 2.67. The van der Waals surface area contributed by atoms with Crippen LogP contribution < -0.4 is 4.90 Å². The lowest BCUT2D eigenvalue weighted by atomic mass is 10.1. The molecule has 1 aliphatic heterocycles. The monoisotopic (exact) mass is 405 g/mol. The molecule has 0 spiro atoms. The van der Waals surface area contributed by atoms with Crippen molar-refractivity contribution in [1.29, 1.82) is 0 Å². The molecule has 9 heteroatoms. The summed E-state index contributed by atoms with van der Waals surface area (Å²) >= 11 is 0. The zero-order valence-corrected chi connectivity index (χ0v) is 15.8. The Morgan fingerprint density at radius 2 is 1.75 bits per heavy atom. The SMILES string of the molecule is CCOC(=O)c1ccc(N2C=C(C(=O)OC)S(=O)(=O)c3ccc(F)cc32)cc1. The lowest BCUT2D eigenvalue weighted by molar-refractivity contribution is -0.135. The molecule has 0 aromatic heterocycles. The van der Waals surface area contributed by atoms with Gasteiger partial charge in [0.15, 0.2) is 4.91 Å². The number of ether oxygens (including phenoxy) is 2. The first kappa shape index (κ1) is 19.6. The van der Waals surface area contributed by atoms with Crippen LogP contribution in [0, 0.1) is 5.82 Å². The number of sulfone groups is 1. The molecule has 0 N–H and O–H groups in total. The second-order valence-corrected chi connectivity index (χ2v) is 7.62. The van der Waals surface area contributed by atoms with E-state index in [0.717, 1.165) is 31.5 Å². The number of anilines is 2. The number of carbonyl (C=O) groups is 2. The van der Waals surface area contributed by atoms with Gasteiger partial charge in [0, 0.05) is 11.9 Å². The summed E-state index contributed by atoms with van der Waals surface area (Å²) < 4.78 is 48.8. The molecule has 1 heterocycles. The lowest BCUT2D eigenvalue weighted by Gasteiger charge is -2.28. The van der Waals surface area contributed by atoms with Gasteiger partial charge in [0.2, 0.25) is 9.84 Å². The van der Waals surface area contributed by atoms with Crippen LogP contribution in [-0.4, -0.2) is 34.1 Å². The van der Waals surface area contributed by atoms with Crippen molar-refractivity contribution in [3.8, 4) is 0 Å². The zero-order valence-electron chi connectivity index (χ0n) is 15.0. The Labute approximate surface area is 160 Å². The molecule has 1 aliphatic rings. The molecule has 0 radical (unpaired) electrons. The highest BCUT2D eigenvalue weighted by Crippen LogP contribution is 2.40. The van der Waals surface area contributed by atoms with Gasteiger partial charge in [-0.2, -0.15) is 0 Å². The number of hydrogen-bond acceptors (Lipinski definition) is 7. The molecular weight excluding hydrogens is 389 g/mol. The van der Waals surface area contributed by atoms with E-state index in [4.69, 9.17) is 4.74 Å². The number of nitrogens with zero attached hydrogens (tertiary/aromatic N) is 1. The summed E-state index contributed by atoms with van der Waals surface area (Å²) in [6.07, 6.45) is 1.07. The molecule has 0 unspecified atom stereocenters. The van der Waals surface area contributed by atoms with Crippen LogP contribution in [0.3, 0.4) is 0 Å². The molecule has 0 saturated carbocycles. The van der Waals surface area contributed by atoms with Crippen molar-refractivity contribution < 1.29 is 31.9 Å². The molecular formula is C19H16FNO6S. The molecule has 0 atom stereocenters. The smallest absolute Gasteiger partial charge is 0.351 e. The highest BCUT2D eigenvalue weighted by atomic mass is 32.2. The van der Waals surface area contributed by atoms with Gasteiger partial charge in [-0.3, -0.25) is 0 Å². The van der Waals surface area contributed by atoms with Crippen LogP contribution in [0.5, 0.6) is 0 Å². The van der Waals surface area contributed by atoms with Crippen LogP contribution in [0.4, 0.5) is 15.8 Å². The lowest BCUT2D eigenvalue weighted by Crippen LogP contribution is -2.26. The van der Waals surface area contributed by atoms with Crippen LogP contribution in [-0.2, 0) is 24.1 Å². The van der Waals surface area contributed by atoms with Crippen molar-refractivity contribution in [2.45, 2.75) is 11.8 Å². The van der Waals surface area contributed by atoms with Crippen molar-refractivity contribution in [3.05, 3.63) is 65.0 Å². The van der Waals surface area contributed by atoms with Crippen molar-refractivity contribution in [2.24, 2.45) is 0 Å². The van der Waals surface area contributed by atoms with Crippen molar-refractivity contribution in [1.82, 2.24) is 0 Å². The predicted molar refractivity (Wildman–Crippen MR) is 98.2 cm³/mol. The van der Waals surface area contributed by atoms with Crippen LogP contribution in [0.15, 0.2) is 58.5 Å². The van der Waals surface area contributed by atoms with Crippen LogP contribution in [0.2, 0.25) is 0 Å². The van der Waals surface area contributed by atoms with Gasteiger partial charge in [-0.1, -0.05) is 0 Å². The standard InChI is InChI=1S/C19H16FNO6S/c1-3-27-18(22)12-4-7-14(8-5-12)21-11-17(19(23)26-2)28(24,25)16-9-6-13(20)10-15(16)21/h4-11H,3H2,1-2H3. The van der Waals surface area contributed by atoms with Crippen molar-refractivity contribution in [3.63, 3.8) is 0 Å². The van der Waals surface area contributed by atoms with E-state index in [0.29, 0.717) is 11.3 Å². The fraction of sp³-hybridized carbons (Fsp3) is 0.158. The van der Waals surface area contributed by atoms with Crippen molar-refractivity contribution in [2.75, 3.05) is 18.6 Å². The van der Waals surface area contributed by atoms with Gasteiger partial charge in [-0.25, -0.2) is 22.4 Å². The quantitative estimate of drug-likeness (QED) is 0.571. The van der Waals surface area contributed by atoms with Crippen LogP contribution in [0.25, 0.3) is 0 Å². The van der Waals surface area contributed by atoms with Gasteiger partial charge in [0.05, 0.1) is 29.9 Å². The minimum absolute atomic E-state index is 0.0385. The van der Waals surface area contributed by atoms with Crippen LogP contribution >= 0.6 is 0 Å². The fourth-order valence-corrected chi connectivity index (χ4v) is 4.19. The number of esters is 2. The third-order valence-corrected chi connectivity index (χ3v) is 5.82. The second-order valence-electron chi connectivity index (χ2n) is 5.74. The van der Waals surface area contributed by atoms with Gasteiger partial charge >= 0.3 is 11.9 Å². The average molecular weight is 405 g/mol. The second kappa shape index (κ2) is 7.43. The first-order valence-corrected chi connectivity index (χ1v) is 9.69. The Morgan fingerprint density at radius 1 is 1.07 bits per heavy atom. The summed E-state index contributed by atoms with van der Waals surface area (Å²) in [6, 6.07) is 9.18. The minimum Gasteiger partial charge on any atom is -0.465 e. The molecule has 0 bridgehead atoms. The van der Waals surface area contributed by atoms with E-state index in [-0.39, 0.29) is 17.2 Å². The predicted octanol–water partition coefficient (Wildman–Crippen LogP) is 2.94. The van der Waals surface area contributed by atoms with E-state index in [1.54, 1.807) is 6.92 Å². The number of halogens is 1. The molecule has 0 amide bonds.